The molecule has 1 N–H and O–H groups in total. The van der Waals surface area contributed by atoms with E-state index in [1.54, 1.807) is 19.3 Å². The highest BCUT2D eigenvalue weighted by Crippen LogP contribution is 2.61. The van der Waals surface area contributed by atoms with Gasteiger partial charge in [0, 0.05) is 12.1 Å². The van der Waals surface area contributed by atoms with Crippen molar-refractivity contribution in [3.63, 3.8) is 0 Å². The number of nitrogens with one attached hydrogen (secondary N) is 1. The zero-order valence-corrected chi connectivity index (χ0v) is 10.3. The molecule has 2 unspecified atom stereocenters. The van der Waals surface area contributed by atoms with Crippen molar-refractivity contribution in [3.8, 4) is 0 Å². The van der Waals surface area contributed by atoms with Crippen LogP contribution in [0.3, 0.4) is 0 Å². The van der Waals surface area contributed by atoms with E-state index in [0.717, 1.165) is 35.8 Å². The summed E-state index contributed by atoms with van der Waals surface area (Å²) in [6.07, 6.45) is 13.6. The molecule has 0 amide bonds. The van der Waals surface area contributed by atoms with Gasteiger partial charge in [-0.3, -0.25) is 0 Å². The molecule has 0 radical (unpaired) electrons. The predicted molar refractivity (Wildman–Crippen MR) is 66.2 cm³/mol. The van der Waals surface area contributed by atoms with Gasteiger partial charge in [-0.05, 0) is 62.2 Å². The van der Waals surface area contributed by atoms with E-state index < -0.39 is 0 Å². The van der Waals surface area contributed by atoms with Crippen LogP contribution in [0.4, 0.5) is 0 Å². The fourth-order valence-electron chi connectivity index (χ4n) is 5.44. The van der Waals surface area contributed by atoms with Gasteiger partial charge in [-0.25, -0.2) is 0 Å². The Morgan fingerprint density at radius 2 is 1.56 bits per heavy atom. The summed E-state index contributed by atoms with van der Waals surface area (Å²) in [5, 5.41) is 4.01. The summed E-state index contributed by atoms with van der Waals surface area (Å²) < 4.78 is 0. The Bertz CT molecular complexity index is 267. The molecule has 4 aliphatic carbocycles. The smallest absolute Gasteiger partial charge is 0.0106 e. The quantitative estimate of drug-likeness (QED) is 0.751. The second-order valence-electron chi connectivity index (χ2n) is 6.92. The number of hydrogen-bond donors (Lipinski definition) is 1. The van der Waals surface area contributed by atoms with Crippen LogP contribution in [0.1, 0.15) is 57.8 Å². The SMILES string of the molecule is C1CCC(N[C@H]2C[C@H]3C4CCC(C4)[C@@H]23)CC1. The van der Waals surface area contributed by atoms with Gasteiger partial charge in [0.2, 0.25) is 0 Å². The summed E-state index contributed by atoms with van der Waals surface area (Å²) in [4.78, 5) is 0. The third-order valence-electron chi connectivity index (χ3n) is 6.20. The van der Waals surface area contributed by atoms with E-state index in [2.05, 4.69) is 5.32 Å². The molecule has 4 saturated carbocycles. The molecule has 0 saturated heterocycles. The van der Waals surface area contributed by atoms with Crippen LogP contribution in [-0.2, 0) is 0 Å². The third-order valence-corrected chi connectivity index (χ3v) is 6.20. The van der Waals surface area contributed by atoms with Gasteiger partial charge < -0.3 is 5.32 Å². The van der Waals surface area contributed by atoms with Crippen LogP contribution in [0.25, 0.3) is 0 Å². The highest BCUT2D eigenvalue weighted by molar-refractivity contribution is 5.09. The standard InChI is InChI=1S/C15H25N/c1-2-4-12(5-3-1)16-14-9-13-10-6-7-11(8-10)15(13)14/h10-16H,1-9H2/t10?,11?,13-,14-,15+/m0/s1. The van der Waals surface area contributed by atoms with Gasteiger partial charge in [-0.1, -0.05) is 19.3 Å². The highest BCUT2D eigenvalue weighted by Gasteiger charge is 2.57. The summed E-state index contributed by atoms with van der Waals surface area (Å²) in [6, 6.07) is 1.82. The average Bonchev–Trinajstić information content (AvgIpc) is 2.83. The maximum Gasteiger partial charge on any atom is 0.0106 e. The molecule has 1 heteroatoms. The normalized spacial score (nSPS) is 51.4. The molecule has 0 aromatic rings. The van der Waals surface area contributed by atoms with Crippen molar-refractivity contribution in [1.82, 2.24) is 5.32 Å². The largest absolute Gasteiger partial charge is 0.311 e. The minimum absolute atomic E-state index is 0.888. The van der Waals surface area contributed by atoms with E-state index in [1.807, 2.05) is 0 Å². The van der Waals surface area contributed by atoms with Crippen molar-refractivity contribution < 1.29 is 0 Å². The molecule has 16 heavy (non-hydrogen) atoms. The topological polar surface area (TPSA) is 12.0 Å². The minimum atomic E-state index is 0.888. The van der Waals surface area contributed by atoms with Crippen LogP contribution < -0.4 is 5.32 Å². The Morgan fingerprint density at radius 1 is 0.750 bits per heavy atom. The third kappa shape index (κ3) is 1.40. The fraction of sp³-hybridized carbons (Fsp3) is 1.00. The van der Waals surface area contributed by atoms with Crippen LogP contribution in [-0.4, -0.2) is 12.1 Å². The highest BCUT2D eigenvalue weighted by atomic mass is 15.0. The van der Waals surface area contributed by atoms with Crippen molar-refractivity contribution in [2.75, 3.05) is 0 Å². The van der Waals surface area contributed by atoms with Gasteiger partial charge in [0.05, 0.1) is 0 Å². The van der Waals surface area contributed by atoms with Gasteiger partial charge in [0.25, 0.3) is 0 Å². The first-order valence-electron chi connectivity index (χ1n) is 7.68. The molecule has 0 aromatic carbocycles. The van der Waals surface area contributed by atoms with Crippen molar-refractivity contribution in [2.45, 2.75) is 69.9 Å². The van der Waals surface area contributed by atoms with Crippen LogP contribution >= 0.6 is 0 Å². The van der Waals surface area contributed by atoms with E-state index in [1.165, 1.54) is 38.5 Å². The summed E-state index contributed by atoms with van der Waals surface area (Å²) in [7, 11) is 0. The molecule has 2 bridgehead atoms. The van der Waals surface area contributed by atoms with E-state index in [-0.39, 0.29) is 0 Å². The van der Waals surface area contributed by atoms with Gasteiger partial charge in [0.15, 0.2) is 0 Å². The number of fused-ring (bicyclic) bond motifs is 5. The van der Waals surface area contributed by atoms with Gasteiger partial charge >= 0.3 is 0 Å². The molecule has 0 spiro atoms. The lowest BCUT2D eigenvalue weighted by Gasteiger charge is -2.49. The van der Waals surface area contributed by atoms with E-state index in [9.17, 15) is 0 Å². The molecular formula is C15H25N. The number of hydrogen-bond acceptors (Lipinski definition) is 1. The van der Waals surface area contributed by atoms with Gasteiger partial charge in [0.1, 0.15) is 0 Å². The van der Waals surface area contributed by atoms with E-state index >= 15 is 0 Å². The van der Waals surface area contributed by atoms with Crippen LogP contribution in [0.2, 0.25) is 0 Å². The lowest BCUT2D eigenvalue weighted by Crippen LogP contribution is -2.55. The maximum atomic E-state index is 4.01. The second-order valence-corrected chi connectivity index (χ2v) is 6.92. The summed E-state index contributed by atoms with van der Waals surface area (Å²) in [6.45, 7) is 0. The van der Waals surface area contributed by atoms with Gasteiger partial charge in [-0.15, -0.1) is 0 Å². The zero-order valence-electron chi connectivity index (χ0n) is 10.3. The lowest BCUT2D eigenvalue weighted by atomic mass is 9.62. The molecule has 0 aliphatic heterocycles. The molecular weight excluding hydrogens is 194 g/mol. The zero-order chi connectivity index (χ0) is 10.5. The molecule has 0 aromatic heterocycles. The van der Waals surface area contributed by atoms with E-state index in [4.69, 9.17) is 0 Å². The molecule has 5 atom stereocenters. The Balaban J connectivity index is 1.36. The molecule has 4 aliphatic rings. The first-order valence-corrected chi connectivity index (χ1v) is 7.68. The molecule has 90 valence electrons. The predicted octanol–water partition coefficient (Wildman–Crippen LogP) is 3.34. The summed E-state index contributed by atoms with van der Waals surface area (Å²) in [5.41, 5.74) is 0. The van der Waals surface area contributed by atoms with Crippen molar-refractivity contribution in [2.24, 2.45) is 23.7 Å². The molecule has 4 fully saturated rings. The summed E-state index contributed by atoms with van der Waals surface area (Å²) in [5.74, 6) is 4.55. The first kappa shape index (κ1) is 9.94. The minimum Gasteiger partial charge on any atom is -0.311 e. The van der Waals surface area contributed by atoms with Crippen LogP contribution in [0.5, 0.6) is 0 Å². The Morgan fingerprint density at radius 3 is 2.38 bits per heavy atom. The van der Waals surface area contributed by atoms with Crippen molar-refractivity contribution in [1.29, 1.82) is 0 Å². The monoisotopic (exact) mass is 219 g/mol. The number of rotatable bonds is 2. The lowest BCUT2D eigenvalue weighted by molar-refractivity contribution is 0.0395. The molecule has 1 nitrogen and oxygen atoms in total. The Labute approximate surface area is 99.4 Å². The van der Waals surface area contributed by atoms with Crippen LogP contribution in [0, 0.1) is 23.7 Å². The van der Waals surface area contributed by atoms with Crippen molar-refractivity contribution >= 4 is 0 Å². The maximum absolute atomic E-state index is 4.01. The summed E-state index contributed by atoms with van der Waals surface area (Å²) >= 11 is 0. The van der Waals surface area contributed by atoms with Gasteiger partial charge in [-0.2, -0.15) is 0 Å². The van der Waals surface area contributed by atoms with Crippen LogP contribution in [0.15, 0.2) is 0 Å². The molecule has 4 rings (SSSR count). The molecule has 0 heterocycles. The second kappa shape index (κ2) is 3.73. The fourth-order valence-corrected chi connectivity index (χ4v) is 5.44. The van der Waals surface area contributed by atoms with E-state index in [0.29, 0.717) is 0 Å². The Kier molecular flexibility index (Phi) is 2.32. The van der Waals surface area contributed by atoms with Crippen molar-refractivity contribution in [3.05, 3.63) is 0 Å². The Hall–Kier alpha value is -0.0400. The first-order chi connectivity index (χ1) is 7.92. The average molecular weight is 219 g/mol.